The first kappa shape index (κ1) is 17.9. The van der Waals surface area contributed by atoms with Gasteiger partial charge in [0.15, 0.2) is 6.61 Å². The largest absolute Gasteiger partial charge is 0.494 e. The highest BCUT2D eigenvalue weighted by atomic mass is 16.5. The molecule has 2 rings (SSSR count). The van der Waals surface area contributed by atoms with Crippen molar-refractivity contribution in [3.63, 3.8) is 0 Å². The number of carbonyl (C=O) groups excluding carboxylic acids is 1. The van der Waals surface area contributed by atoms with E-state index in [1.54, 1.807) is 12.1 Å². The van der Waals surface area contributed by atoms with E-state index in [0.717, 1.165) is 17.9 Å². The minimum atomic E-state index is -0.176. The van der Waals surface area contributed by atoms with Gasteiger partial charge in [0.25, 0.3) is 5.91 Å². The lowest BCUT2D eigenvalue weighted by molar-refractivity contribution is -0.118. The SMILES string of the molecule is CCCCc1ccc(NC(=O)COc2ccc(OCC)cc2)cc1. The molecular weight excluding hydrogens is 302 g/mol. The molecule has 2 aromatic carbocycles. The average molecular weight is 327 g/mol. The Balaban J connectivity index is 1.78. The molecule has 2 aromatic rings. The van der Waals surface area contributed by atoms with E-state index in [-0.39, 0.29) is 12.5 Å². The monoisotopic (exact) mass is 327 g/mol. The predicted molar refractivity (Wildman–Crippen MR) is 96.8 cm³/mol. The van der Waals surface area contributed by atoms with Gasteiger partial charge >= 0.3 is 0 Å². The van der Waals surface area contributed by atoms with Crippen molar-refractivity contribution >= 4 is 11.6 Å². The molecule has 0 unspecified atom stereocenters. The Kier molecular flexibility index (Phi) is 7.15. The number of hydrogen-bond donors (Lipinski definition) is 1. The van der Waals surface area contributed by atoms with E-state index in [9.17, 15) is 4.79 Å². The van der Waals surface area contributed by atoms with Gasteiger partial charge in [-0.3, -0.25) is 4.79 Å². The van der Waals surface area contributed by atoms with Gasteiger partial charge in [-0.2, -0.15) is 0 Å². The molecule has 0 radical (unpaired) electrons. The molecule has 128 valence electrons. The van der Waals surface area contributed by atoms with Crippen LogP contribution in [0.2, 0.25) is 0 Å². The maximum Gasteiger partial charge on any atom is 0.262 e. The normalized spacial score (nSPS) is 10.2. The van der Waals surface area contributed by atoms with Crippen LogP contribution >= 0.6 is 0 Å². The molecule has 1 amide bonds. The summed E-state index contributed by atoms with van der Waals surface area (Å²) in [5.74, 6) is 1.26. The summed E-state index contributed by atoms with van der Waals surface area (Å²) in [7, 11) is 0. The molecule has 0 saturated carbocycles. The summed E-state index contributed by atoms with van der Waals surface area (Å²) in [5, 5.41) is 2.84. The van der Waals surface area contributed by atoms with Gasteiger partial charge in [-0.05, 0) is 61.7 Å². The van der Waals surface area contributed by atoms with Crippen LogP contribution in [-0.2, 0) is 11.2 Å². The lowest BCUT2D eigenvalue weighted by Crippen LogP contribution is -2.20. The standard InChI is InChI=1S/C20H25NO3/c1-3-5-6-16-7-9-17(10-8-16)21-20(22)15-24-19-13-11-18(12-14-19)23-4-2/h7-14H,3-6,15H2,1-2H3,(H,21,22). The first-order valence-corrected chi connectivity index (χ1v) is 8.45. The topological polar surface area (TPSA) is 47.6 Å². The van der Waals surface area contributed by atoms with E-state index in [1.165, 1.54) is 18.4 Å². The van der Waals surface area contributed by atoms with E-state index in [0.29, 0.717) is 12.4 Å². The van der Waals surface area contributed by atoms with Crippen LogP contribution in [0.25, 0.3) is 0 Å². The fraction of sp³-hybridized carbons (Fsp3) is 0.350. The molecule has 0 saturated heterocycles. The second kappa shape index (κ2) is 9.60. The number of ether oxygens (including phenoxy) is 2. The van der Waals surface area contributed by atoms with Gasteiger partial charge < -0.3 is 14.8 Å². The van der Waals surface area contributed by atoms with Crippen molar-refractivity contribution in [1.29, 1.82) is 0 Å². The van der Waals surface area contributed by atoms with Crippen molar-refractivity contribution in [2.24, 2.45) is 0 Å². The Morgan fingerprint density at radius 2 is 1.54 bits per heavy atom. The van der Waals surface area contributed by atoms with Crippen LogP contribution in [0.5, 0.6) is 11.5 Å². The fourth-order valence-electron chi connectivity index (χ4n) is 2.28. The molecule has 0 spiro atoms. The Bertz CT molecular complexity index is 620. The molecule has 0 bridgehead atoms. The molecule has 0 aliphatic carbocycles. The maximum atomic E-state index is 12.0. The highest BCUT2D eigenvalue weighted by Crippen LogP contribution is 2.17. The van der Waals surface area contributed by atoms with E-state index < -0.39 is 0 Å². The first-order valence-electron chi connectivity index (χ1n) is 8.45. The number of amides is 1. The maximum absolute atomic E-state index is 12.0. The predicted octanol–water partition coefficient (Wildman–Crippen LogP) is 4.45. The zero-order valence-electron chi connectivity index (χ0n) is 14.4. The third-order valence-corrected chi connectivity index (χ3v) is 3.56. The summed E-state index contributed by atoms with van der Waals surface area (Å²) >= 11 is 0. The quantitative estimate of drug-likeness (QED) is 0.740. The van der Waals surface area contributed by atoms with Gasteiger partial charge in [0.05, 0.1) is 6.61 Å². The van der Waals surface area contributed by atoms with E-state index >= 15 is 0 Å². The van der Waals surface area contributed by atoms with Crippen LogP contribution in [0, 0.1) is 0 Å². The minimum Gasteiger partial charge on any atom is -0.494 e. The number of nitrogens with one attached hydrogen (secondary N) is 1. The van der Waals surface area contributed by atoms with E-state index in [2.05, 4.69) is 24.4 Å². The number of hydrogen-bond acceptors (Lipinski definition) is 3. The van der Waals surface area contributed by atoms with Gasteiger partial charge in [0.1, 0.15) is 11.5 Å². The summed E-state index contributed by atoms with van der Waals surface area (Å²) in [6.45, 7) is 4.72. The van der Waals surface area contributed by atoms with Crippen LogP contribution in [0.4, 0.5) is 5.69 Å². The Labute approximate surface area is 143 Å². The number of benzene rings is 2. The van der Waals surface area contributed by atoms with Crippen LogP contribution in [0.3, 0.4) is 0 Å². The van der Waals surface area contributed by atoms with Gasteiger partial charge in [-0.1, -0.05) is 25.5 Å². The third-order valence-electron chi connectivity index (χ3n) is 3.56. The van der Waals surface area contributed by atoms with Crippen molar-refractivity contribution in [2.75, 3.05) is 18.5 Å². The van der Waals surface area contributed by atoms with Gasteiger partial charge in [0.2, 0.25) is 0 Å². The summed E-state index contributed by atoms with van der Waals surface area (Å²) in [6.07, 6.45) is 3.44. The van der Waals surface area contributed by atoms with Crippen molar-refractivity contribution in [3.05, 3.63) is 54.1 Å². The molecule has 1 N–H and O–H groups in total. The zero-order valence-corrected chi connectivity index (χ0v) is 14.4. The Morgan fingerprint density at radius 3 is 2.12 bits per heavy atom. The molecule has 0 heterocycles. The molecule has 24 heavy (non-hydrogen) atoms. The van der Waals surface area contributed by atoms with Gasteiger partial charge in [0, 0.05) is 5.69 Å². The molecular formula is C20H25NO3. The van der Waals surface area contributed by atoms with E-state index in [4.69, 9.17) is 9.47 Å². The van der Waals surface area contributed by atoms with Crippen molar-refractivity contribution in [2.45, 2.75) is 33.1 Å². The highest BCUT2D eigenvalue weighted by molar-refractivity contribution is 5.91. The van der Waals surface area contributed by atoms with Gasteiger partial charge in [-0.15, -0.1) is 0 Å². The summed E-state index contributed by atoms with van der Waals surface area (Å²) in [4.78, 5) is 12.0. The summed E-state index contributed by atoms with van der Waals surface area (Å²) in [6, 6.07) is 15.2. The Hall–Kier alpha value is -2.49. The zero-order chi connectivity index (χ0) is 17.2. The molecule has 4 heteroatoms. The highest BCUT2D eigenvalue weighted by Gasteiger charge is 2.04. The summed E-state index contributed by atoms with van der Waals surface area (Å²) in [5.41, 5.74) is 2.08. The lowest BCUT2D eigenvalue weighted by Gasteiger charge is -2.09. The van der Waals surface area contributed by atoms with Crippen LogP contribution < -0.4 is 14.8 Å². The second-order valence-corrected chi connectivity index (χ2v) is 5.54. The van der Waals surface area contributed by atoms with Gasteiger partial charge in [-0.25, -0.2) is 0 Å². The number of anilines is 1. The molecule has 0 aliphatic heterocycles. The van der Waals surface area contributed by atoms with Crippen LogP contribution in [0.15, 0.2) is 48.5 Å². The number of unbranched alkanes of at least 4 members (excludes halogenated alkanes) is 1. The molecule has 0 atom stereocenters. The molecule has 0 aliphatic rings. The molecule has 0 aromatic heterocycles. The lowest BCUT2D eigenvalue weighted by atomic mass is 10.1. The molecule has 0 fully saturated rings. The average Bonchev–Trinajstić information content (AvgIpc) is 2.61. The van der Waals surface area contributed by atoms with Crippen LogP contribution in [-0.4, -0.2) is 19.1 Å². The van der Waals surface area contributed by atoms with Crippen molar-refractivity contribution < 1.29 is 14.3 Å². The Morgan fingerprint density at radius 1 is 0.917 bits per heavy atom. The van der Waals surface area contributed by atoms with Crippen LogP contribution in [0.1, 0.15) is 32.3 Å². The first-order chi connectivity index (χ1) is 11.7. The number of carbonyl (C=O) groups is 1. The van der Waals surface area contributed by atoms with Crippen molar-refractivity contribution in [1.82, 2.24) is 0 Å². The number of rotatable bonds is 9. The number of aryl methyl sites for hydroxylation is 1. The minimum absolute atomic E-state index is 0.0223. The second-order valence-electron chi connectivity index (χ2n) is 5.54. The summed E-state index contributed by atoms with van der Waals surface area (Å²) < 4.78 is 10.8. The van der Waals surface area contributed by atoms with Crippen molar-refractivity contribution in [3.8, 4) is 11.5 Å². The molecule has 4 nitrogen and oxygen atoms in total. The third kappa shape index (κ3) is 5.95. The van der Waals surface area contributed by atoms with E-state index in [1.807, 2.05) is 31.2 Å². The smallest absolute Gasteiger partial charge is 0.262 e. The fourth-order valence-corrected chi connectivity index (χ4v) is 2.28.